The summed E-state index contributed by atoms with van der Waals surface area (Å²) in [5, 5.41) is 10.1. The van der Waals surface area contributed by atoms with E-state index in [9.17, 15) is 14.7 Å². The van der Waals surface area contributed by atoms with Crippen LogP contribution in [-0.4, -0.2) is 35.2 Å². The molecule has 3 heterocycles. The smallest absolute Gasteiger partial charge is 0.310 e. The number of hydrogen-bond donors (Lipinski definition) is 1. The summed E-state index contributed by atoms with van der Waals surface area (Å²) in [6.45, 7) is 2.21. The molecule has 1 N–H and O–H groups in total. The lowest BCUT2D eigenvalue weighted by molar-refractivity contribution is -0.146. The molecule has 1 aromatic carbocycles. The van der Waals surface area contributed by atoms with Crippen LogP contribution in [-0.2, 0) is 14.3 Å². The number of carbonyl (C=O) groups excluding carboxylic acids is 1. The summed E-state index contributed by atoms with van der Waals surface area (Å²) in [5.41, 5.74) is 0.788. The van der Waals surface area contributed by atoms with Crippen molar-refractivity contribution in [3.63, 3.8) is 0 Å². The average molecular weight is 320 g/mol. The quantitative estimate of drug-likeness (QED) is 0.847. The predicted molar refractivity (Wildman–Crippen MR) is 79.9 cm³/mol. The molecule has 0 aromatic heterocycles. The van der Waals surface area contributed by atoms with Crippen LogP contribution in [0, 0.1) is 18.8 Å². The van der Waals surface area contributed by atoms with Crippen molar-refractivity contribution >= 4 is 29.2 Å². The van der Waals surface area contributed by atoms with Crippen molar-refractivity contribution in [2.45, 2.75) is 18.6 Å². The van der Waals surface area contributed by atoms with Gasteiger partial charge in [-0.1, -0.05) is 23.8 Å². The molecule has 5 nitrogen and oxygen atoms in total. The number of aryl methyl sites for hydroxylation is 1. The number of amides is 1. The van der Waals surface area contributed by atoms with E-state index in [1.54, 1.807) is 23.1 Å². The average Bonchev–Trinajstić information content (AvgIpc) is 3.10. The number of aliphatic carboxylic acids is 1. The lowest BCUT2D eigenvalue weighted by atomic mass is 9.77. The van der Waals surface area contributed by atoms with Gasteiger partial charge in [0.25, 0.3) is 0 Å². The lowest BCUT2D eigenvalue weighted by Gasteiger charge is -2.21. The molecule has 2 saturated heterocycles. The number of benzene rings is 1. The number of halogens is 1. The molecule has 4 atom stereocenters. The zero-order chi connectivity index (χ0) is 15.6. The third kappa shape index (κ3) is 1.63. The Morgan fingerprint density at radius 2 is 2.27 bits per heavy atom. The Morgan fingerprint density at radius 3 is 2.95 bits per heavy atom. The van der Waals surface area contributed by atoms with E-state index in [0.29, 0.717) is 11.6 Å². The zero-order valence-electron chi connectivity index (χ0n) is 11.8. The highest BCUT2D eigenvalue weighted by molar-refractivity contribution is 6.31. The summed E-state index contributed by atoms with van der Waals surface area (Å²) in [6.07, 6.45) is 3.11. The van der Waals surface area contributed by atoms with Crippen molar-refractivity contribution in [1.29, 1.82) is 0 Å². The zero-order valence-corrected chi connectivity index (χ0v) is 12.6. The van der Waals surface area contributed by atoms with Gasteiger partial charge in [-0.05, 0) is 30.7 Å². The third-order valence-corrected chi connectivity index (χ3v) is 5.26. The van der Waals surface area contributed by atoms with E-state index in [-0.39, 0.29) is 5.91 Å². The summed E-state index contributed by atoms with van der Waals surface area (Å²) in [6, 6.07) is 5.36. The van der Waals surface area contributed by atoms with Gasteiger partial charge in [-0.3, -0.25) is 9.59 Å². The number of carboxylic acid groups (broad SMARTS) is 1. The van der Waals surface area contributed by atoms with Crippen LogP contribution in [0.2, 0.25) is 5.02 Å². The first-order chi connectivity index (χ1) is 10.4. The van der Waals surface area contributed by atoms with Crippen LogP contribution in [0.5, 0.6) is 0 Å². The number of rotatable bonds is 2. The van der Waals surface area contributed by atoms with Gasteiger partial charge in [0.15, 0.2) is 0 Å². The fourth-order valence-electron chi connectivity index (χ4n) is 3.80. The molecule has 4 unspecified atom stereocenters. The minimum atomic E-state index is -0.983. The molecular formula is C16H14ClNO4. The monoisotopic (exact) mass is 319 g/mol. The van der Waals surface area contributed by atoms with Gasteiger partial charge >= 0.3 is 5.97 Å². The molecule has 2 fully saturated rings. The van der Waals surface area contributed by atoms with Crippen molar-refractivity contribution in [1.82, 2.24) is 0 Å². The summed E-state index contributed by atoms with van der Waals surface area (Å²) in [4.78, 5) is 25.9. The van der Waals surface area contributed by atoms with Crippen LogP contribution in [0.25, 0.3) is 0 Å². The molecule has 1 aromatic rings. The number of fused-ring (bicyclic) bond motifs is 1. The van der Waals surface area contributed by atoms with Gasteiger partial charge in [0.05, 0.1) is 18.6 Å². The molecule has 22 heavy (non-hydrogen) atoms. The van der Waals surface area contributed by atoms with Gasteiger partial charge < -0.3 is 14.7 Å². The normalized spacial score (nSPS) is 35.3. The number of carbonyl (C=O) groups is 2. The summed E-state index contributed by atoms with van der Waals surface area (Å²) < 4.78 is 5.85. The van der Waals surface area contributed by atoms with Crippen molar-refractivity contribution in [3.8, 4) is 0 Å². The second kappa shape index (κ2) is 4.33. The molecule has 6 heteroatoms. The molecule has 0 saturated carbocycles. The molecule has 3 aliphatic rings. The number of carboxylic acids is 1. The maximum absolute atomic E-state index is 12.8. The first kappa shape index (κ1) is 13.8. The number of hydrogen-bond acceptors (Lipinski definition) is 3. The van der Waals surface area contributed by atoms with E-state index in [0.717, 1.165) is 11.3 Å². The predicted octanol–water partition coefficient (Wildman–Crippen LogP) is 2.02. The van der Waals surface area contributed by atoms with E-state index < -0.39 is 29.5 Å². The SMILES string of the molecule is Cc1cc(N2CC34C=CC(O3)C(C(=O)O)C4C2=O)ccc1Cl. The molecule has 1 spiro atoms. The largest absolute Gasteiger partial charge is 0.481 e. The van der Waals surface area contributed by atoms with Crippen LogP contribution in [0.4, 0.5) is 5.69 Å². The topological polar surface area (TPSA) is 66.8 Å². The highest BCUT2D eigenvalue weighted by Crippen LogP contribution is 2.52. The molecule has 0 radical (unpaired) electrons. The van der Waals surface area contributed by atoms with Gasteiger partial charge in [-0.25, -0.2) is 0 Å². The van der Waals surface area contributed by atoms with E-state index in [1.807, 2.05) is 19.1 Å². The first-order valence-corrected chi connectivity index (χ1v) is 7.48. The maximum atomic E-state index is 12.8. The second-order valence-corrected chi connectivity index (χ2v) is 6.50. The van der Waals surface area contributed by atoms with Crippen molar-refractivity contribution in [2.24, 2.45) is 11.8 Å². The number of anilines is 1. The molecule has 0 aliphatic carbocycles. The van der Waals surface area contributed by atoms with Gasteiger partial charge in [0.2, 0.25) is 5.91 Å². The summed E-state index contributed by atoms with van der Waals surface area (Å²) in [5.74, 6) is -2.64. The van der Waals surface area contributed by atoms with Crippen molar-refractivity contribution in [3.05, 3.63) is 40.9 Å². The fraction of sp³-hybridized carbons (Fsp3) is 0.375. The molecular weight excluding hydrogens is 306 g/mol. The molecule has 2 bridgehead atoms. The molecule has 1 amide bonds. The number of ether oxygens (including phenoxy) is 1. The fourth-order valence-corrected chi connectivity index (χ4v) is 3.91. The van der Waals surface area contributed by atoms with Crippen LogP contribution in [0.3, 0.4) is 0 Å². The first-order valence-electron chi connectivity index (χ1n) is 7.10. The Labute approximate surface area is 132 Å². The van der Waals surface area contributed by atoms with Crippen LogP contribution in [0.1, 0.15) is 5.56 Å². The summed E-state index contributed by atoms with van der Waals surface area (Å²) >= 11 is 6.03. The third-order valence-electron chi connectivity index (χ3n) is 4.84. The van der Waals surface area contributed by atoms with E-state index in [4.69, 9.17) is 16.3 Å². The van der Waals surface area contributed by atoms with E-state index in [2.05, 4.69) is 0 Å². The molecule has 3 aliphatic heterocycles. The minimum Gasteiger partial charge on any atom is -0.481 e. The molecule has 4 rings (SSSR count). The van der Waals surface area contributed by atoms with E-state index in [1.165, 1.54) is 0 Å². The Morgan fingerprint density at radius 1 is 1.50 bits per heavy atom. The molecule has 114 valence electrons. The highest BCUT2D eigenvalue weighted by atomic mass is 35.5. The summed E-state index contributed by atoms with van der Waals surface area (Å²) in [7, 11) is 0. The van der Waals surface area contributed by atoms with Gasteiger partial charge in [0, 0.05) is 10.7 Å². The second-order valence-electron chi connectivity index (χ2n) is 6.10. The minimum absolute atomic E-state index is 0.194. The van der Waals surface area contributed by atoms with Crippen LogP contribution < -0.4 is 4.90 Å². The number of nitrogens with zero attached hydrogens (tertiary/aromatic N) is 1. The van der Waals surface area contributed by atoms with Crippen LogP contribution >= 0.6 is 11.6 Å². The van der Waals surface area contributed by atoms with Crippen LogP contribution in [0.15, 0.2) is 30.4 Å². The Balaban J connectivity index is 1.74. The standard InChI is InChI=1S/C16H14ClNO4/c1-8-6-9(2-3-10(8)17)18-7-16-5-4-11(22-16)12(15(20)21)13(16)14(18)19/h2-6,11-13H,7H2,1H3,(H,20,21). The Hall–Kier alpha value is -1.85. The maximum Gasteiger partial charge on any atom is 0.310 e. The van der Waals surface area contributed by atoms with Gasteiger partial charge in [-0.2, -0.15) is 0 Å². The van der Waals surface area contributed by atoms with Gasteiger partial charge in [0.1, 0.15) is 11.5 Å². The highest BCUT2D eigenvalue weighted by Gasteiger charge is 2.67. The van der Waals surface area contributed by atoms with Crippen molar-refractivity contribution in [2.75, 3.05) is 11.4 Å². The van der Waals surface area contributed by atoms with Crippen molar-refractivity contribution < 1.29 is 19.4 Å². The van der Waals surface area contributed by atoms with Gasteiger partial charge in [-0.15, -0.1) is 0 Å². The van der Waals surface area contributed by atoms with E-state index >= 15 is 0 Å². The Kier molecular flexibility index (Phi) is 2.72. The lowest BCUT2D eigenvalue weighted by Crippen LogP contribution is -2.39. The Bertz CT molecular complexity index is 731.